The predicted molar refractivity (Wildman–Crippen MR) is 92.3 cm³/mol. The molecule has 4 aromatic rings. The number of benzene rings is 1. The molecule has 0 atom stereocenters. The Hall–Kier alpha value is -3.58. The van der Waals surface area contributed by atoms with E-state index in [1.165, 1.54) is 12.4 Å². The van der Waals surface area contributed by atoms with Crippen LogP contribution in [0.4, 0.5) is 4.39 Å². The smallest absolute Gasteiger partial charge is 0.279 e. The average molecular weight is 380 g/mol. The number of hydrogen-bond acceptors (Lipinski definition) is 7. The van der Waals surface area contributed by atoms with Crippen LogP contribution in [0.3, 0.4) is 0 Å². The van der Waals surface area contributed by atoms with Crippen LogP contribution in [-0.4, -0.2) is 26.6 Å². The van der Waals surface area contributed by atoms with E-state index in [0.29, 0.717) is 27.3 Å². The van der Waals surface area contributed by atoms with Crippen molar-refractivity contribution >= 4 is 16.6 Å². The van der Waals surface area contributed by atoms with E-state index in [4.69, 9.17) is 9.26 Å². The largest absolute Gasteiger partial charge is 0.618 e. The Kier molecular flexibility index (Phi) is 3.24. The van der Waals surface area contributed by atoms with E-state index in [1.54, 1.807) is 24.5 Å². The lowest BCUT2D eigenvalue weighted by Gasteiger charge is -2.09. The third-order valence-corrected chi connectivity index (χ3v) is 5.23. The molecule has 1 saturated carbocycles. The SMILES string of the molecule is COC1(c2noc(-c3ncn4c3c(C)[n+]([O-])c3c(C#N)c(F)ccc34)n2)CC1. The summed E-state index contributed by atoms with van der Waals surface area (Å²) in [6.07, 6.45) is 3.09. The van der Waals surface area contributed by atoms with Gasteiger partial charge in [0.1, 0.15) is 34.8 Å². The number of rotatable bonds is 3. The van der Waals surface area contributed by atoms with E-state index in [9.17, 15) is 14.9 Å². The summed E-state index contributed by atoms with van der Waals surface area (Å²) in [5, 5.41) is 26.1. The Morgan fingerprint density at radius 2 is 2.21 bits per heavy atom. The quantitative estimate of drug-likeness (QED) is 0.395. The summed E-state index contributed by atoms with van der Waals surface area (Å²) in [6.45, 7) is 1.56. The van der Waals surface area contributed by atoms with Crippen molar-refractivity contribution in [2.24, 2.45) is 0 Å². The van der Waals surface area contributed by atoms with E-state index in [0.717, 1.165) is 18.9 Å². The molecule has 3 aromatic heterocycles. The van der Waals surface area contributed by atoms with Crippen LogP contribution >= 0.6 is 0 Å². The molecule has 0 amide bonds. The Morgan fingerprint density at radius 1 is 1.43 bits per heavy atom. The van der Waals surface area contributed by atoms with Gasteiger partial charge in [-0.15, -0.1) is 0 Å². The highest BCUT2D eigenvalue weighted by molar-refractivity contribution is 5.85. The molecule has 0 N–H and O–H groups in total. The highest BCUT2D eigenvalue weighted by Crippen LogP contribution is 2.47. The summed E-state index contributed by atoms with van der Waals surface area (Å²) in [7, 11) is 1.59. The van der Waals surface area contributed by atoms with Crippen LogP contribution in [0.5, 0.6) is 0 Å². The maximum Gasteiger partial charge on any atom is 0.279 e. The summed E-state index contributed by atoms with van der Waals surface area (Å²) < 4.78 is 27.0. The first-order valence-electron chi connectivity index (χ1n) is 8.52. The van der Waals surface area contributed by atoms with Gasteiger partial charge >= 0.3 is 0 Å². The van der Waals surface area contributed by atoms with Crippen molar-refractivity contribution in [1.29, 1.82) is 5.26 Å². The molecule has 1 fully saturated rings. The molecule has 0 unspecified atom stereocenters. The van der Waals surface area contributed by atoms with Crippen LogP contribution in [0.15, 0.2) is 23.0 Å². The number of imidazole rings is 1. The predicted octanol–water partition coefficient (Wildman–Crippen LogP) is 2.13. The molecule has 0 saturated heterocycles. The van der Waals surface area contributed by atoms with Crippen LogP contribution in [0.2, 0.25) is 0 Å². The minimum atomic E-state index is -0.755. The Bertz CT molecular complexity index is 1310. The number of fused-ring (bicyclic) bond motifs is 3. The molecule has 5 rings (SSSR count). The zero-order chi connectivity index (χ0) is 19.6. The first-order chi connectivity index (χ1) is 13.5. The second-order valence-corrected chi connectivity index (χ2v) is 6.72. The first kappa shape index (κ1) is 16.6. The number of nitrogens with zero attached hydrogens (tertiary/aromatic N) is 6. The van der Waals surface area contributed by atoms with Crippen molar-refractivity contribution in [2.45, 2.75) is 25.4 Å². The highest BCUT2D eigenvalue weighted by Gasteiger charge is 2.49. The monoisotopic (exact) mass is 380 g/mol. The van der Waals surface area contributed by atoms with Gasteiger partial charge in [0, 0.05) is 14.0 Å². The number of methoxy groups -OCH3 is 1. The number of aromatic nitrogens is 5. The van der Waals surface area contributed by atoms with E-state index in [2.05, 4.69) is 15.1 Å². The van der Waals surface area contributed by atoms with Gasteiger partial charge in [0.15, 0.2) is 11.3 Å². The van der Waals surface area contributed by atoms with E-state index in [1.807, 2.05) is 0 Å². The van der Waals surface area contributed by atoms with E-state index in [-0.39, 0.29) is 22.7 Å². The minimum absolute atomic E-state index is 0.0565. The fourth-order valence-corrected chi connectivity index (χ4v) is 3.50. The molecule has 0 aliphatic heterocycles. The van der Waals surface area contributed by atoms with Gasteiger partial charge in [0.2, 0.25) is 11.5 Å². The molecule has 0 radical (unpaired) electrons. The van der Waals surface area contributed by atoms with Crippen LogP contribution in [0, 0.1) is 29.3 Å². The summed E-state index contributed by atoms with van der Waals surface area (Å²) in [6, 6.07) is 4.34. The number of nitriles is 1. The van der Waals surface area contributed by atoms with Crippen LogP contribution in [0.1, 0.15) is 29.9 Å². The second kappa shape index (κ2) is 5.46. The normalized spacial score (nSPS) is 15.2. The molecule has 1 aliphatic carbocycles. The third-order valence-electron chi connectivity index (χ3n) is 5.23. The molecule has 0 bridgehead atoms. The molecular weight excluding hydrogens is 367 g/mol. The van der Waals surface area contributed by atoms with Gasteiger partial charge in [0.25, 0.3) is 11.4 Å². The molecule has 28 heavy (non-hydrogen) atoms. The van der Waals surface area contributed by atoms with Crippen molar-refractivity contribution in [1.82, 2.24) is 19.5 Å². The zero-order valence-corrected chi connectivity index (χ0v) is 14.9. The average Bonchev–Trinajstić information content (AvgIpc) is 3.13. The van der Waals surface area contributed by atoms with Crippen molar-refractivity contribution in [3.8, 4) is 17.7 Å². The molecule has 0 spiro atoms. The van der Waals surface area contributed by atoms with Gasteiger partial charge in [-0.25, -0.2) is 9.37 Å². The highest BCUT2D eigenvalue weighted by atomic mass is 19.1. The lowest BCUT2D eigenvalue weighted by atomic mass is 10.1. The third kappa shape index (κ3) is 2.02. The Balaban J connectivity index is 1.79. The molecule has 3 heterocycles. The first-order valence-corrected chi connectivity index (χ1v) is 8.52. The van der Waals surface area contributed by atoms with Gasteiger partial charge in [-0.05, 0) is 25.0 Å². The molecule has 140 valence electrons. The fourth-order valence-electron chi connectivity index (χ4n) is 3.50. The van der Waals surface area contributed by atoms with Gasteiger partial charge in [-0.3, -0.25) is 4.40 Å². The summed E-state index contributed by atoms with van der Waals surface area (Å²) in [5.74, 6) is -0.158. The lowest BCUT2D eigenvalue weighted by molar-refractivity contribution is -0.583. The minimum Gasteiger partial charge on any atom is -0.618 e. The topological polar surface area (TPSA) is 116 Å². The maximum absolute atomic E-state index is 14.0. The molecule has 1 aliphatic rings. The number of halogens is 1. The number of aryl methyl sites for hydroxylation is 1. The molecule has 1 aromatic carbocycles. The van der Waals surface area contributed by atoms with E-state index < -0.39 is 11.4 Å². The number of ether oxygens (including phenoxy) is 1. The summed E-state index contributed by atoms with van der Waals surface area (Å²) in [5.41, 5.74) is 0.462. The number of hydrogen-bond donors (Lipinski definition) is 0. The van der Waals surface area contributed by atoms with Crippen molar-refractivity contribution in [3.05, 3.63) is 46.6 Å². The van der Waals surface area contributed by atoms with Crippen molar-refractivity contribution in [3.63, 3.8) is 0 Å². The molecular formula is C18H13FN6O3. The van der Waals surface area contributed by atoms with Gasteiger partial charge < -0.3 is 14.5 Å². The standard InChI is InChI=1S/C18H13FN6O3/c1-9-14-13(16-22-17(23-28-16)18(27-2)5-6-18)21-8-24(14)12-4-3-11(19)10(7-20)15(12)25(9)26/h3-4,8H,5-6H2,1-2H3. The molecule has 10 heteroatoms. The van der Waals surface area contributed by atoms with Gasteiger partial charge in [-0.2, -0.15) is 15.0 Å². The van der Waals surface area contributed by atoms with E-state index >= 15 is 0 Å². The van der Waals surface area contributed by atoms with Crippen LogP contribution < -0.4 is 4.73 Å². The van der Waals surface area contributed by atoms with Gasteiger partial charge in [-0.1, -0.05) is 5.16 Å². The second-order valence-electron chi connectivity index (χ2n) is 6.72. The van der Waals surface area contributed by atoms with Crippen molar-refractivity contribution in [2.75, 3.05) is 7.11 Å². The van der Waals surface area contributed by atoms with Crippen LogP contribution in [0.25, 0.3) is 28.1 Å². The van der Waals surface area contributed by atoms with Gasteiger partial charge in [0.05, 0.1) is 0 Å². The Labute approximate surface area is 157 Å². The Morgan fingerprint density at radius 3 is 2.89 bits per heavy atom. The fraction of sp³-hybridized carbons (Fsp3) is 0.278. The van der Waals surface area contributed by atoms with Crippen molar-refractivity contribution < 1.29 is 18.4 Å². The lowest BCUT2D eigenvalue weighted by Crippen LogP contribution is -2.33. The maximum atomic E-state index is 14.0. The summed E-state index contributed by atoms with van der Waals surface area (Å²) in [4.78, 5) is 8.74. The molecule has 9 nitrogen and oxygen atoms in total. The zero-order valence-electron chi connectivity index (χ0n) is 14.9. The van der Waals surface area contributed by atoms with Crippen LogP contribution in [-0.2, 0) is 10.3 Å². The summed E-state index contributed by atoms with van der Waals surface area (Å²) >= 11 is 0.